The van der Waals surface area contributed by atoms with Gasteiger partial charge in [0, 0.05) is 41.2 Å². The van der Waals surface area contributed by atoms with Crippen LogP contribution in [0.5, 0.6) is 5.75 Å². The maximum Gasteiger partial charge on any atom is 0.325 e. The number of carbonyl (C=O) groups excluding carboxylic acids is 3. The molecule has 2 aromatic carbocycles. The molecule has 1 spiro atoms. The molecule has 32 heavy (non-hydrogen) atoms. The molecule has 2 aliphatic heterocycles. The number of amides is 3. The zero-order valence-electron chi connectivity index (χ0n) is 17.2. The highest BCUT2D eigenvalue weighted by atomic mass is 16.5. The molecule has 0 aliphatic carbocycles. The number of aromatic nitrogens is 1. The molecular weight excluding hydrogens is 408 g/mol. The summed E-state index contributed by atoms with van der Waals surface area (Å²) >= 11 is 0. The van der Waals surface area contributed by atoms with E-state index in [0.29, 0.717) is 36.3 Å². The normalized spacial score (nSPS) is 19.5. The van der Waals surface area contributed by atoms with E-state index in [9.17, 15) is 14.4 Å². The van der Waals surface area contributed by atoms with Crippen LogP contribution in [0.3, 0.4) is 0 Å². The van der Waals surface area contributed by atoms with Crippen molar-refractivity contribution >= 4 is 28.6 Å². The third-order valence-electron chi connectivity index (χ3n) is 6.11. The Labute approximate surface area is 184 Å². The van der Waals surface area contributed by atoms with E-state index in [1.54, 1.807) is 24.4 Å². The van der Waals surface area contributed by atoms with Gasteiger partial charge in [0.2, 0.25) is 0 Å². The summed E-state index contributed by atoms with van der Waals surface area (Å²) in [6, 6.07) is 16.0. The number of nitrogens with zero attached hydrogens (tertiary/aromatic N) is 3. The number of aryl methyl sites for hydroxylation is 1. The first-order chi connectivity index (χ1) is 15.5. The minimum atomic E-state index is -1.22. The molecule has 3 heterocycles. The Morgan fingerprint density at radius 1 is 1.16 bits per heavy atom. The number of Topliss-reactive ketones (excluding diaryl/α,β-unsaturated/α-hetero) is 1. The second-order valence-electron chi connectivity index (χ2n) is 7.91. The molecule has 0 bridgehead atoms. The van der Waals surface area contributed by atoms with Crippen LogP contribution in [-0.2, 0) is 16.9 Å². The van der Waals surface area contributed by atoms with Crippen LogP contribution in [-0.4, -0.2) is 40.3 Å². The number of hydrogen-bond donors (Lipinski definition) is 1. The predicted molar refractivity (Wildman–Crippen MR) is 115 cm³/mol. The Kier molecular flexibility index (Phi) is 4.67. The number of urea groups is 1. The van der Waals surface area contributed by atoms with E-state index in [4.69, 9.17) is 10.00 Å². The van der Waals surface area contributed by atoms with Crippen LogP contribution in [0.4, 0.5) is 4.79 Å². The number of imide groups is 1. The second kappa shape index (κ2) is 7.54. The van der Waals surface area contributed by atoms with Gasteiger partial charge in [-0.1, -0.05) is 36.4 Å². The molecular formula is C24H20N4O4. The molecule has 1 unspecified atom stereocenters. The molecule has 0 radical (unpaired) electrons. The van der Waals surface area contributed by atoms with Crippen molar-refractivity contribution in [3.05, 3.63) is 65.9 Å². The molecule has 8 nitrogen and oxygen atoms in total. The summed E-state index contributed by atoms with van der Waals surface area (Å²) in [6.45, 7) is 0.381. The predicted octanol–water partition coefficient (Wildman–Crippen LogP) is 2.97. The highest BCUT2D eigenvalue weighted by Gasteiger charge is 2.55. The zero-order valence-corrected chi connectivity index (χ0v) is 17.2. The maximum atomic E-state index is 13.4. The van der Waals surface area contributed by atoms with Crippen molar-refractivity contribution in [1.82, 2.24) is 14.8 Å². The lowest BCUT2D eigenvalue weighted by molar-refractivity contribution is -0.132. The van der Waals surface area contributed by atoms with Crippen molar-refractivity contribution in [2.75, 3.05) is 13.2 Å². The van der Waals surface area contributed by atoms with Gasteiger partial charge in [-0.15, -0.1) is 0 Å². The molecule has 8 heteroatoms. The first-order valence-corrected chi connectivity index (χ1v) is 10.4. The molecule has 5 rings (SSSR count). The van der Waals surface area contributed by atoms with Gasteiger partial charge in [-0.25, -0.2) is 4.79 Å². The summed E-state index contributed by atoms with van der Waals surface area (Å²) in [5.74, 6) is -0.223. The van der Waals surface area contributed by atoms with Crippen LogP contribution >= 0.6 is 0 Å². The average molecular weight is 428 g/mol. The number of benzene rings is 2. The Balaban J connectivity index is 1.46. The van der Waals surface area contributed by atoms with Gasteiger partial charge in [0.15, 0.2) is 11.3 Å². The summed E-state index contributed by atoms with van der Waals surface area (Å²) in [4.78, 5) is 40.5. The standard InChI is InChI=1S/C24H20N4O4/c25-11-5-12-27-14-17(16-6-1-3-8-19(16)27)20(29)15-28-22(30)24(26-23(28)31)10-13-32-21-9-4-2-7-18(21)24/h1-4,6-9,14H,5,10,12-13,15H2,(H,26,31). The number of ether oxygens (including phenoxy) is 1. The maximum absolute atomic E-state index is 13.4. The first-order valence-electron chi connectivity index (χ1n) is 10.4. The van der Waals surface area contributed by atoms with E-state index < -0.39 is 17.5 Å². The lowest BCUT2D eigenvalue weighted by atomic mass is 9.84. The fourth-order valence-corrected chi connectivity index (χ4v) is 4.57. The fraction of sp³-hybridized carbons (Fsp3) is 0.250. The van der Waals surface area contributed by atoms with Gasteiger partial charge in [0.25, 0.3) is 5.91 Å². The molecule has 1 saturated heterocycles. The van der Waals surface area contributed by atoms with Crippen molar-refractivity contribution in [2.24, 2.45) is 0 Å². The molecule has 3 amide bonds. The van der Waals surface area contributed by atoms with Crippen molar-refractivity contribution in [3.63, 3.8) is 0 Å². The molecule has 1 aromatic heterocycles. The summed E-state index contributed by atoms with van der Waals surface area (Å²) < 4.78 is 7.50. The number of ketones is 1. The average Bonchev–Trinajstić information content (AvgIpc) is 3.29. The number of para-hydroxylation sites is 2. The molecule has 160 valence electrons. The highest BCUT2D eigenvalue weighted by molar-refractivity contribution is 6.14. The highest BCUT2D eigenvalue weighted by Crippen LogP contribution is 2.41. The van der Waals surface area contributed by atoms with Crippen molar-refractivity contribution < 1.29 is 19.1 Å². The van der Waals surface area contributed by atoms with E-state index in [1.165, 1.54) is 0 Å². The topological polar surface area (TPSA) is 104 Å². The van der Waals surface area contributed by atoms with Crippen LogP contribution in [0.2, 0.25) is 0 Å². The fourth-order valence-electron chi connectivity index (χ4n) is 4.57. The first kappa shape index (κ1) is 19.8. The van der Waals surface area contributed by atoms with Crippen LogP contribution in [0, 0.1) is 11.3 Å². The Morgan fingerprint density at radius 2 is 1.94 bits per heavy atom. The van der Waals surface area contributed by atoms with Crippen molar-refractivity contribution in [2.45, 2.75) is 24.9 Å². The summed E-state index contributed by atoms with van der Waals surface area (Å²) in [7, 11) is 0. The lowest BCUT2D eigenvalue weighted by Gasteiger charge is -2.33. The third-order valence-corrected chi connectivity index (χ3v) is 6.11. The summed E-state index contributed by atoms with van der Waals surface area (Å²) in [5, 5.41) is 12.5. The number of fused-ring (bicyclic) bond motifs is 3. The Bertz CT molecular complexity index is 1300. The molecule has 3 aromatic rings. The van der Waals surface area contributed by atoms with Gasteiger partial charge in [-0.2, -0.15) is 5.26 Å². The lowest BCUT2D eigenvalue weighted by Crippen LogP contribution is -2.47. The molecule has 1 fully saturated rings. The number of nitrogens with one attached hydrogen (secondary N) is 1. The number of nitriles is 1. The minimum absolute atomic E-state index is 0.289. The monoisotopic (exact) mass is 428 g/mol. The van der Waals surface area contributed by atoms with E-state index in [-0.39, 0.29) is 18.9 Å². The zero-order chi connectivity index (χ0) is 22.3. The van der Waals surface area contributed by atoms with Crippen molar-refractivity contribution in [3.8, 4) is 11.8 Å². The summed E-state index contributed by atoms with van der Waals surface area (Å²) in [5.41, 5.74) is 0.644. The number of carbonyl (C=O) groups is 3. The van der Waals surface area contributed by atoms with E-state index >= 15 is 0 Å². The second-order valence-corrected chi connectivity index (χ2v) is 7.91. The molecule has 0 saturated carbocycles. The summed E-state index contributed by atoms with van der Waals surface area (Å²) in [6.07, 6.45) is 2.30. The number of hydrogen-bond acceptors (Lipinski definition) is 5. The van der Waals surface area contributed by atoms with Crippen LogP contribution in [0.15, 0.2) is 54.7 Å². The van der Waals surface area contributed by atoms with Crippen LogP contribution in [0.25, 0.3) is 10.9 Å². The Hall–Kier alpha value is -4.12. The van der Waals surface area contributed by atoms with Gasteiger partial charge in [-0.05, 0) is 12.1 Å². The third kappa shape index (κ3) is 2.94. The van der Waals surface area contributed by atoms with Gasteiger partial charge >= 0.3 is 6.03 Å². The quantitative estimate of drug-likeness (QED) is 0.497. The number of rotatable bonds is 5. The smallest absolute Gasteiger partial charge is 0.325 e. The Morgan fingerprint density at radius 3 is 2.78 bits per heavy atom. The van der Waals surface area contributed by atoms with Crippen LogP contribution in [0.1, 0.15) is 28.8 Å². The van der Waals surface area contributed by atoms with Gasteiger partial charge < -0.3 is 14.6 Å². The van der Waals surface area contributed by atoms with Gasteiger partial charge in [0.1, 0.15) is 5.75 Å². The molecule has 1 atom stereocenters. The molecule has 1 N–H and O–H groups in total. The van der Waals surface area contributed by atoms with Gasteiger partial charge in [0.05, 0.1) is 25.6 Å². The largest absolute Gasteiger partial charge is 0.493 e. The van der Waals surface area contributed by atoms with E-state index in [1.807, 2.05) is 34.9 Å². The van der Waals surface area contributed by atoms with E-state index in [2.05, 4.69) is 11.4 Å². The van der Waals surface area contributed by atoms with Crippen LogP contribution < -0.4 is 10.1 Å². The molecule has 2 aliphatic rings. The van der Waals surface area contributed by atoms with Crippen molar-refractivity contribution in [1.29, 1.82) is 5.26 Å². The van der Waals surface area contributed by atoms with Gasteiger partial charge in [-0.3, -0.25) is 14.5 Å². The SMILES string of the molecule is N#CCCn1cc(C(=O)CN2C(=O)NC3(CCOc4ccccc43)C2=O)c2ccccc21. The minimum Gasteiger partial charge on any atom is -0.493 e. The van der Waals surface area contributed by atoms with E-state index in [0.717, 1.165) is 15.8 Å².